The van der Waals surface area contributed by atoms with E-state index in [0.717, 1.165) is 5.52 Å². The molecule has 3 aromatic rings. The van der Waals surface area contributed by atoms with Gasteiger partial charge in [0.25, 0.3) is 0 Å². The number of para-hydroxylation sites is 1. The number of nitrogens with one attached hydrogen (secondary N) is 1. The maximum absolute atomic E-state index is 12.0. The van der Waals surface area contributed by atoms with Gasteiger partial charge in [0.05, 0.1) is 12.6 Å². The molecule has 1 aromatic carbocycles. The number of H-pyrrole nitrogens is 1. The van der Waals surface area contributed by atoms with Crippen molar-refractivity contribution in [1.29, 1.82) is 0 Å². The topological polar surface area (TPSA) is 59.9 Å². The molecule has 0 unspecified atom stereocenters. The summed E-state index contributed by atoms with van der Waals surface area (Å²) in [6, 6.07) is 10.9. The largest absolute Gasteiger partial charge is 0.494 e. The average molecular weight is 241 g/mol. The fraction of sp³-hybridized carbons (Fsp3) is 0.0769. The molecule has 5 nitrogen and oxygen atoms in total. The summed E-state index contributed by atoms with van der Waals surface area (Å²) < 4.78 is 6.80. The second-order valence-electron chi connectivity index (χ2n) is 3.81. The molecule has 0 fully saturated rings. The predicted octanol–water partition coefficient (Wildman–Crippen LogP) is 1.72. The van der Waals surface area contributed by atoms with Crippen molar-refractivity contribution in [3.8, 4) is 11.6 Å². The Labute approximate surface area is 103 Å². The summed E-state index contributed by atoms with van der Waals surface area (Å²) in [4.78, 5) is 19.0. The summed E-state index contributed by atoms with van der Waals surface area (Å²) in [5, 5.41) is 0. The maximum atomic E-state index is 12.0. The SMILES string of the molecule is COc1cccc2[nH]c(=O)n(-c3ccccn3)c12. The second-order valence-corrected chi connectivity index (χ2v) is 3.81. The van der Waals surface area contributed by atoms with Crippen molar-refractivity contribution in [2.75, 3.05) is 7.11 Å². The van der Waals surface area contributed by atoms with Crippen molar-refractivity contribution in [3.05, 3.63) is 53.1 Å². The van der Waals surface area contributed by atoms with Crippen LogP contribution in [0, 0.1) is 0 Å². The molecule has 5 heteroatoms. The molecule has 0 saturated heterocycles. The zero-order valence-corrected chi connectivity index (χ0v) is 9.75. The Morgan fingerprint density at radius 2 is 2.11 bits per heavy atom. The van der Waals surface area contributed by atoms with Gasteiger partial charge in [-0.05, 0) is 24.3 Å². The number of benzene rings is 1. The first-order valence-corrected chi connectivity index (χ1v) is 5.50. The molecule has 0 amide bonds. The normalized spacial score (nSPS) is 10.7. The third-order valence-corrected chi connectivity index (χ3v) is 2.77. The van der Waals surface area contributed by atoms with Gasteiger partial charge in [-0.15, -0.1) is 0 Å². The number of nitrogens with zero attached hydrogens (tertiary/aromatic N) is 2. The van der Waals surface area contributed by atoms with E-state index in [4.69, 9.17) is 4.74 Å². The molecule has 0 aliphatic heterocycles. The van der Waals surface area contributed by atoms with E-state index < -0.39 is 0 Å². The van der Waals surface area contributed by atoms with Crippen LogP contribution in [0.2, 0.25) is 0 Å². The van der Waals surface area contributed by atoms with Crippen LogP contribution >= 0.6 is 0 Å². The van der Waals surface area contributed by atoms with Crippen LogP contribution in [-0.2, 0) is 0 Å². The fourth-order valence-electron chi connectivity index (χ4n) is 2.00. The Hall–Kier alpha value is -2.56. The van der Waals surface area contributed by atoms with Crippen LogP contribution in [0.15, 0.2) is 47.4 Å². The van der Waals surface area contributed by atoms with E-state index in [2.05, 4.69) is 9.97 Å². The van der Waals surface area contributed by atoms with Crippen LogP contribution in [0.1, 0.15) is 0 Å². The van der Waals surface area contributed by atoms with Gasteiger partial charge >= 0.3 is 5.69 Å². The van der Waals surface area contributed by atoms with Gasteiger partial charge < -0.3 is 9.72 Å². The summed E-state index contributed by atoms with van der Waals surface area (Å²) in [6.45, 7) is 0. The number of fused-ring (bicyclic) bond motifs is 1. The van der Waals surface area contributed by atoms with Crippen LogP contribution < -0.4 is 10.4 Å². The number of aromatic nitrogens is 3. The zero-order chi connectivity index (χ0) is 12.5. The fourth-order valence-corrected chi connectivity index (χ4v) is 2.00. The quantitative estimate of drug-likeness (QED) is 0.743. The summed E-state index contributed by atoms with van der Waals surface area (Å²) >= 11 is 0. The van der Waals surface area contributed by atoms with E-state index in [1.165, 1.54) is 4.57 Å². The lowest BCUT2D eigenvalue weighted by atomic mass is 10.3. The molecule has 0 atom stereocenters. The monoisotopic (exact) mass is 241 g/mol. The van der Waals surface area contributed by atoms with Crippen molar-refractivity contribution in [2.24, 2.45) is 0 Å². The van der Waals surface area contributed by atoms with Crippen molar-refractivity contribution in [3.63, 3.8) is 0 Å². The lowest BCUT2D eigenvalue weighted by Crippen LogP contribution is -2.15. The molecule has 0 saturated carbocycles. The summed E-state index contributed by atoms with van der Waals surface area (Å²) in [5.74, 6) is 1.20. The first-order valence-electron chi connectivity index (χ1n) is 5.50. The molecule has 0 radical (unpaired) electrons. The standard InChI is InChI=1S/C13H11N3O2/c1-18-10-6-4-5-9-12(10)16(13(17)15-9)11-7-2-3-8-14-11/h2-8H,1H3,(H,15,17). The van der Waals surface area contributed by atoms with E-state index in [-0.39, 0.29) is 5.69 Å². The maximum Gasteiger partial charge on any atom is 0.332 e. The van der Waals surface area contributed by atoms with E-state index in [0.29, 0.717) is 17.1 Å². The molecule has 90 valence electrons. The highest BCUT2D eigenvalue weighted by atomic mass is 16.5. The smallest absolute Gasteiger partial charge is 0.332 e. The lowest BCUT2D eigenvalue weighted by molar-refractivity contribution is 0.418. The van der Waals surface area contributed by atoms with Gasteiger partial charge in [0, 0.05) is 6.20 Å². The minimum Gasteiger partial charge on any atom is -0.494 e. The molecule has 0 aliphatic rings. The Bertz CT molecular complexity index is 744. The van der Waals surface area contributed by atoms with E-state index in [9.17, 15) is 4.79 Å². The Kier molecular flexibility index (Phi) is 2.37. The number of methoxy groups -OCH3 is 1. The Balaban J connectivity index is 2.42. The van der Waals surface area contributed by atoms with Gasteiger partial charge in [-0.1, -0.05) is 12.1 Å². The third kappa shape index (κ3) is 1.48. The van der Waals surface area contributed by atoms with Gasteiger partial charge in [0.2, 0.25) is 0 Å². The molecule has 2 aromatic heterocycles. The highest BCUT2D eigenvalue weighted by molar-refractivity contribution is 5.83. The van der Waals surface area contributed by atoms with E-state index in [1.807, 2.05) is 24.3 Å². The first-order chi connectivity index (χ1) is 8.81. The lowest BCUT2D eigenvalue weighted by Gasteiger charge is -2.05. The highest BCUT2D eigenvalue weighted by Gasteiger charge is 2.13. The van der Waals surface area contributed by atoms with Crippen LogP contribution in [0.4, 0.5) is 0 Å². The van der Waals surface area contributed by atoms with Gasteiger partial charge in [0.15, 0.2) is 0 Å². The summed E-state index contributed by atoms with van der Waals surface area (Å²) in [7, 11) is 1.58. The summed E-state index contributed by atoms with van der Waals surface area (Å²) in [5.41, 5.74) is 1.20. The molecule has 18 heavy (non-hydrogen) atoms. The molecular formula is C13H11N3O2. The van der Waals surface area contributed by atoms with Gasteiger partial charge in [0.1, 0.15) is 17.1 Å². The number of ether oxygens (including phenoxy) is 1. The first kappa shape index (κ1) is 10.6. The number of pyridine rings is 1. The van der Waals surface area contributed by atoms with Gasteiger partial charge in [-0.3, -0.25) is 0 Å². The van der Waals surface area contributed by atoms with Crippen molar-refractivity contribution in [2.45, 2.75) is 0 Å². The molecule has 1 N–H and O–H groups in total. The highest BCUT2D eigenvalue weighted by Crippen LogP contribution is 2.24. The number of hydrogen-bond acceptors (Lipinski definition) is 3. The summed E-state index contributed by atoms with van der Waals surface area (Å²) in [6.07, 6.45) is 1.65. The minimum atomic E-state index is -0.229. The van der Waals surface area contributed by atoms with Gasteiger partial charge in [-0.2, -0.15) is 0 Å². The van der Waals surface area contributed by atoms with E-state index in [1.54, 1.807) is 25.4 Å². The molecular weight excluding hydrogens is 230 g/mol. The minimum absolute atomic E-state index is 0.229. The predicted molar refractivity (Wildman–Crippen MR) is 68.2 cm³/mol. The number of hydrogen-bond donors (Lipinski definition) is 1. The number of rotatable bonds is 2. The third-order valence-electron chi connectivity index (χ3n) is 2.77. The van der Waals surface area contributed by atoms with Crippen LogP contribution in [0.5, 0.6) is 5.75 Å². The van der Waals surface area contributed by atoms with Crippen molar-refractivity contribution < 1.29 is 4.74 Å². The molecule has 0 spiro atoms. The Morgan fingerprint density at radius 3 is 2.83 bits per heavy atom. The van der Waals surface area contributed by atoms with Crippen molar-refractivity contribution in [1.82, 2.24) is 14.5 Å². The van der Waals surface area contributed by atoms with Crippen LogP contribution in [-0.4, -0.2) is 21.6 Å². The number of aromatic amines is 1. The molecule has 3 rings (SSSR count). The van der Waals surface area contributed by atoms with Crippen LogP contribution in [0.25, 0.3) is 16.9 Å². The van der Waals surface area contributed by atoms with E-state index >= 15 is 0 Å². The van der Waals surface area contributed by atoms with Crippen LogP contribution in [0.3, 0.4) is 0 Å². The number of imidazole rings is 1. The Morgan fingerprint density at radius 1 is 1.22 bits per heavy atom. The van der Waals surface area contributed by atoms with Crippen molar-refractivity contribution >= 4 is 11.0 Å². The molecule has 0 bridgehead atoms. The molecule has 2 heterocycles. The van der Waals surface area contributed by atoms with Gasteiger partial charge in [-0.25, -0.2) is 14.3 Å². The average Bonchev–Trinajstić information content (AvgIpc) is 2.75. The molecule has 0 aliphatic carbocycles. The zero-order valence-electron chi connectivity index (χ0n) is 9.75. The second kappa shape index (κ2) is 4.03.